The normalized spacial score (nSPS) is 14.2. The fourth-order valence-corrected chi connectivity index (χ4v) is 4.01. The molecule has 0 unspecified atom stereocenters. The first-order chi connectivity index (χ1) is 14.0. The summed E-state index contributed by atoms with van der Waals surface area (Å²) in [6.45, 7) is 3.91. The van der Waals surface area contributed by atoms with Crippen molar-refractivity contribution in [2.24, 2.45) is 7.05 Å². The Morgan fingerprint density at radius 2 is 1.93 bits per heavy atom. The van der Waals surface area contributed by atoms with Gasteiger partial charge in [0.05, 0.1) is 35.5 Å². The first-order valence-electron chi connectivity index (χ1n) is 9.68. The maximum absolute atomic E-state index is 10.8. The van der Waals surface area contributed by atoms with E-state index in [1.54, 1.807) is 11.8 Å². The van der Waals surface area contributed by atoms with Gasteiger partial charge in [-0.3, -0.25) is 4.68 Å². The molecule has 4 heterocycles. The van der Waals surface area contributed by atoms with Gasteiger partial charge in [-0.15, -0.1) is 0 Å². The number of aromatic hydroxyl groups is 1. The number of hydrogen-bond acceptors (Lipinski definition) is 7. The molecule has 1 N–H and O–H groups in total. The predicted molar refractivity (Wildman–Crippen MR) is 111 cm³/mol. The van der Waals surface area contributed by atoms with Crippen molar-refractivity contribution in [3.63, 3.8) is 0 Å². The molecule has 0 aliphatic carbocycles. The number of phenolic OH excluding ortho intramolecular Hbond substituents is 1. The number of phenols is 1. The summed E-state index contributed by atoms with van der Waals surface area (Å²) in [6, 6.07) is 3.88. The highest BCUT2D eigenvalue weighted by molar-refractivity contribution is 5.91. The number of aromatic nitrogens is 5. The van der Waals surface area contributed by atoms with E-state index in [1.165, 1.54) is 12.8 Å². The number of nitrogens with zero attached hydrogens (tertiary/aromatic N) is 6. The van der Waals surface area contributed by atoms with Crippen molar-refractivity contribution >= 4 is 27.6 Å². The van der Waals surface area contributed by atoms with Crippen LogP contribution < -0.4 is 9.64 Å². The van der Waals surface area contributed by atoms with Crippen LogP contribution in [0, 0.1) is 6.92 Å². The summed E-state index contributed by atoms with van der Waals surface area (Å²) in [5.41, 5.74) is 3.58. The van der Waals surface area contributed by atoms with Crippen molar-refractivity contribution < 1.29 is 9.84 Å². The molecule has 8 nitrogen and oxygen atoms in total. The van der Waals surface area contributed by atoms with Crippen LogP contribution in [0.3, 0.4) is 0 Å². The Labute approximate surface area is 167 Å². The van der Waals surface area contributed by atoms with E-state index in [-0.39, 0.29) is 5.75 Å². The quantitative estimate of drug-likeness (QED) is 0.574. The second-order valence-corrected chi connectivity index (χ2v) is 7.45. The van der Waals surface area contributed by atoms with Crippen LogP contribution >= 0.6 is 0 Å². The molecule has 4 aromatic rings. The third kappa shape index (κ3) is 2.83. The molecule has 0 spiro atoms. The van der Waals surface area contributed by atoms with Crippen LogP contribution in [0.2, 0.25) is 0 Å². The topological polar surface area (TPSA) is 89.2 Å². The second-order valence-electron chi connectivity index (χ2n) is 7.45. The van der Waals surface area contributed by atoms with Gasteiger partial charge < -0.3 is 14.7 Å². The van der Waals surface area contributed by atoms with Crippen LogP contribution in [-0.2, 0) is 7.05 Å². The number of pyridine rings is 1. The van der Waals surface area contributed by atoms with Gasteiger partial charge >= 0.3 is 0 Å². The molecule has 1 aromatic carbocycles. The molecule has 1 aliphatic rings. The Morgan fingerprint density at radius 1 is 1.14 bits per heavy atom. The van der Waals surface area contributed by atoms with Gasteiger partial charge in [0.1, 0.15) is 5.75 Å². The highest BCUT2D eigenvalue weighted by Crippen LogP contribution is 2.37. The van der Waals surface area contributed by atoms with Gasteiger partial charge in [-0.25, -0.2) is 9.97 Å². The summed E-state index contributed by atoms with van der Waals surface area (Å²) < 4.78 is 7.29. The fraction of sp³-hybridized carbons (Fsp3) is 0.333. The molecular weight excluding hydrogens is 368 g/mol. The first kappa shape index (κ1) is 17.7. The summed E-state index contributed by atoms with van der Waals surface area (Å²) in [5, 5.41) is 16.9. The van der Waals surface area contributed by atoms with Crippen LogP contribution in [0.4, 0.5) is 5.69 Å². The molecule has 0 atom stereocenters. The number of rotatable bonds is 3. The van der Waals surface area contributed by atoms with E-state index in [0.717, 1.165) is 35.1 Å². The van der Waals surface area contributed by atoms with Crippen molar-refractivity contribution in [1.29, 1.82) is 0 Å². The molecule has 5 rings (SSSR count). The van der Waals surface area contributed by atoms with Gasteiger partial charge in [-0.1, -0.05) is 0 Å². The Kier molecular flexibility index (Phi) is 4.01. The van der Waals surface area contributed by atoms with Crippen LogP contribution in [0.15, 0.2) is 24.5 Å². The Bertz CT molecular complexity index is 1240. The average molecular weight is 390 g/mol. The van der Waals surface area contributed by atoms with Gasteiger partial charge in [0.2, 0.25) is 5.88 Å². The lowest BCUT2D eigenvalue weighted by Gasteiger charge is -2.18. The molecule has 1 saturated heterocycles. The number of methoxy groups -OCH3 is 1. The van der Waals surface area contributed by atoms with Gasteiger partial charge in [0.15, 0.2) is 11.5 Å². The number of benzene rings is 1. The smallest absolute Gasteiger partial charge is 0.226 e. The largest absolute Gasteiger partial charge is 0.507 e. The standard InChI is InChI=1S/C21H22N6O2/c1-12-17-13(11-26(2)25-17)8-15(18(12)28)20-23-19-16(21(24-20)29-3)9-14(10-22-19)27-6-4-5-7-27/h8-11,28H,4-7H2,1-3H3. The van der Waals surface area contributed by atoms with Crippen molar-refractivity contribution in [3.8, 4) is 23.0 Å². The SMILES string of the molecule is COc1nc(-c2cc3cn(C)nc3c(C)c2O)nc2ncc(N3CCCC3)cc12. The van der Waals surface area contributed by atoms with Gasteiger partial charge in [0.25, 0.3) is 0 Å². The zero-order chi connectivity index (χ0) is 20.1. The summed E-state index contributed by atoms with van der Waals surface area (Å²) in [6.07, 6.45) is 6.14. The van der Waals surface area contributed by atoms with E-state index in [4.69, 9.17) is 4.74 Å². The number of ether oxygens (including phenoxy) is 1. The highest BCUT2D eigenvalue weighted by atomic mass is 16.5. The van der Waals surface area contributed by atoms with Crippen LogP contribution in [-0.4, -0.2) is 50.0 Å². The zero-order valence-corrected chi connectivity index (χ0v) is 16.7. The van der Waals surface area contributed by atoms with E-state index in [0.29, 0.717) is 28.5 Å². The van der Waals surface area contributed by atoms with E-state index in [9.17, 15) is 5.11 Å². The minimum Gasteiger partial charge on any atom is -0.507 e. The first-order valence-corrected chi connectivity index (χ1v) is 9.68. The summed E-state index contributed by atoms with van der Waals surface area (Å²) in [7, 11) is 3.44. The van der Waals surface area contributed by atoms with Gasteiger partial charge in [-0.2, -0.15) is 10.1 Å². The second kappa shape index (κ2) is 6.58. The highest BCUT2D eigenvalue weighted by Gasteiger charge is 2.20. The maximum atomic E-state index is 10.8. The van der Waals surface area contributed by atoms with Crippen molar-refractivity contribution in [3.05, 3.63) is 30.1 Å². The predicted octanol–water partition coefficient (Wildman–Crippen LogP) is 3.20. The minimum atomic E-state index is 0.117. The summed E-state index contributed by atoms with van der Waals surface area (Å²) in [4.78, 5) is 16.1. The Morgan fingerprint density at radius 3 is 2.69 bits per heavy atom. The third-order valence-electron chi connectivity index (χ3n) is 5.53. The Balaban J connectivity index is 1.69. The van der Waals surface area contributed by atoms with Crippen LogP contribution in [0.25, 0.3) is 33.3 Å². The van der Waals surface area contributed by atoms with Crippen molar-refractivity contribution in [2.75, 3.05) is 25.1 Å². The van der Waals surface area contributed by atoms with Crippen molar-refractivity contribution in [1.82, 2.24) is 24.7 Å². The molecular formula is C21H22N6O2. The summed E-state index contributed by atoms with van der Waals surface area (Å²) in [5.74, 6) is 0.940. The monoisotopic (exact) mass is 390 g/mol. The van der Waals surface area contributed by atoms with E-state index < -0.39 is 0 Å². The van der Waals surface area contributed by atoms with Crippen LogP contribution in [0.5, 0.6) is 11.6 Å². The molecule has 1 fully saturated rings. The van der Waals surface area contributed by atoms with Crippen LogP contribution in [0.1, 0.15) is 18.4 Å². The molecule has 0 amide bonds. The lowest BCUT2D eigenvalue weighted by Crippen LogP contribution is -2.17. The molecule has 8 heteroatoms. The average Bonchev–Trinajstić information content (AvgIpc) is 3.39. The number of anilines is 1. The molecule has 3 aromatic heterocycles. The molecule has 0 radical (unpaired) electrons. The number of fused-ring (bicyclic) bond motifs is 2. The van der Waals surface area contributed by atoms with E-state index >= 15 is 0 Å². The number of hydrogen-bond donors (Lipinski definition) is 1. The molecule has 29 heavy (non-hydrogen) atoms. The minimum absolute atomic E-state index is 0.117. The molecule has 148 valence electrons. The molecule has 1 aliphatic heterocycles. The van der Waals surface area contributed by atoms with E-state index in [2.05, 4.69) is 25.0 Å². The van der Waals surface area contributed by atoms with Gasteiger partial charge in [0, 0.05) is 37.3 Å². The maximum Gasteiger partial charge on any atom is 0.226 e. The Hall–Kier alpha value is -3.42. The lowest BCUT2D eigenvalue weighted by molar-refractivity contribution is 0.403. The third-order valence-corrected chi connectivity index (χ3v) is 5.53. The van der Waals surface area contributed by atoms with Crippen molar-refractivity contribution in [2.45, 2.75) is 19.8 Å². The zero-order valence-electron chi connectivity index (χ0n) is 16.7. The summed E-state index contributed by atoms with van der Waals surface area (Å²) >= 11 is 0. The molecule has 0 bridgehead atoms. The van der Waals surface area contributed by atoms with E-state index in [1.807, 2.05) is 38.5 Å². The lowest BCUT2D eigenvalue weighted by atomic mass is 10.1. The van der Waals surface area contributed by atoms with Gasteiger partial charge in [-0.05, 0) is 31.9 Å². The fourth-order valence-electron chi connectivity index (χ4n) is 4.01. The number of aryl methyl sites for hydroxylation is 2. The molecule has 0 saturated carbocycles.